The molecule has 0 unspecified atom stereocenters. The highest BCUT2D eigenvalue weighted by Crippen LogP contribution is 2.25. The fourth-order valence-corrected chi connectivity index (χ4v) is 2.38. The van der Waals surface area contributed by atoms with Crippen LogP contribution in [0, 0.1) is 12.3 Å². The molecular formula is C13H20N4OS. The summed E-state index contributed by atoms with van der Waals surface area (Å²) in [4.78, 5) is 16.5. The first-order valence-corrected chi connectivity index (χ1v) is 7.10. The summed E-state index contributed by atoms with van der Waals surface area (Å²) in [7, 11) is 0. The van der Waals surface area contributed by atoms with Crippen LogP contribution in [0.4, 0.5) is 10.9 Å². The van der Waals surface area contributed by atoms with Crippen molar-refractivity contribution in [3.8, 4) is 12.3 Å². The zero-order chi connectivity index (χ0) is 14.3. The van der Waals surface area contributed by atoms with Crippen LogP contribution in [0.3, 0.4) is 0 Å². The molecule has 0 saturated carbocycles. The molecule has 1 aromatic rings. The molecule has 0 aromatic carbocycles. The minimum absolute atomic E-state index is 0.174. The average molecular weight is 280 g/mol. The van der Waals surface area contributed by atoms with Gasteiger partial charge in [-0.1, -0.05) is 11.3 Å². The van der Waals surface area contributed by atoms with Gasteiger partial charge in [0.05, 0.1) is 0 Å². The third-order valence-corrected chi connectivity index (χ3v) is 3.31. The molecule has 6 heteroatoms. The first kappa shape index (κ1) is 15.3. The maximum atomic E-state index is 11.9. The quantitative estimate of drug-likeness (QED) is 0.527. The summed E-state index contributed by atoms with van der Waals surface area (Å²) in [6, 6.07) is 0.255. The molecule has 0 aliphatic carbocycles. The number of carbonyl (C=O) groups excluding carboxylic acids is 1. The Balaban J connectivity index is 2.48. The number of rotatable bonds is 7. The lowest BCUT2D eigenvalue weighted by molar-refractivity contribution is 0.0958. The zero-order valence-corrected chi connectivity index (χ0v) is 12.1. The molecule has 0 aliphatic rings. The van der Waals surface area contributed by atoms with Crippen LogP contribution in [0.15, 0.2) is 0 Å². The van der Waals surface area contributed by atoms with Crippen molar-refractivity contribution in [3.05, 3.63) is 4.88 Å². The lowest BCUT2D eigenvalue weighted by Crippen LogP contribution is -2.24. The molecule has 1 heterocycles. The Labute approximate surface area is 118 Å². The van der Waals surface area contributed by atoms with Crippen molar-refractivity contribution in [1.29, 1.82) is 0 Å². The number of amides is 1. The molecule has 104 valence electrons. The number of nitrogens with two attached hydrogens (primary N) is 1. The minimum atomic E-state index is -0.174. The van der Waals surface area contributed by atoms with Gasteiger partial charge in [-0.3, -0.25) is 4.79 Å². The van der Waals surface area contributed by atoms with Crippen LogP contribution in [0.5, 0.6) is 0 Å². The van der Waals surface area contributed by atoms with Gasteiger partial charge in [0.15, 0.2) is 5.13 Å². The van der Waals surface area contributed by atoms with E-state index in [4.69, 9.17) is 12.2 Å². The number of nitrogen functional groups attached to an aromatic ring is 1. The van der Waals surface area contributed by atoms with E-state index in [1.54, 1.807) is 0 Å². The lowest BCUT2D eigenvalue weighted by atomic mass is 10.2. The van der Waals surface area contributed by atoms with Crippen molar-refractivity contribution in [1.82, 2.24) is 10.3 Å². The number of nitrogens with one attached hydrogen (secondary N) is 2. The molecule has 1 aromatic heterocycles. The maximum Gasteiger partial charge on any atom is 0.265 e. The Bertz CT molecular complexity index is 462. The van der Waals surface area contributed by atoms with E-state index in [1.807, 2.05) is 13.8 Å². The first-order chi connectivity index (χ1) is 9.04. The summed E-state index contributed by atoms with van der Waals surface area (Å²) in [6.45, 7) is 4.61. The standard InChI is InChI=1S/C13H20N4OS/c1-4-5-6-7-8-15-12(18)10-11(14)17-13(19-10)16-9(2)3/h1,9H,5-8,14H2,2-3H3,(H,15,18)(H,16,17). The summed E-state index contributed by atoms with van der Waals surface area (Å²) in [6.07, 6.45) is 7.67. The van der Waals surface area contributed by atoms with E-state index in [-0.39, 0.29) is 17.8 Å². The summed E-state index contributed by atoms with van der Waals surface area (Å²) in [5.74, 6) is 2.67. The number of hydrogen-bond donors (Lipinski definition) is 3. The van der Waals surface area contributed by atoms with Gasteiger partial charge in [0.1, 0.15) is 10.7 Å². The minimum Gasteiger partial charge on any atom is -0.382 e. The Kier molecular flexibility index (Phi) is 6.16. The van der Waals surface area contributed by atoms with Gasteiger partial charge in [-0.25, -0.2) is 4.98 Å². The van der Waals surface area contributed by atoms with Gasteiger partial charge in [-0.2, -0.15) is 0 Å². The molecule has 0 atom stereocenters. The largest absolute Gasteiger partial charge is 0.382 e. The van der Waals surface area contributed by atoms with Gasteiger partial charge < -0.3 is 16.4 Å². The molecule has 0 bridgehead atoms. The number of terminal acetylenes is 1. The topological polar surface area (TPSA) is 80.0 Å². The van der Waals surface area contributed by atoms with Crippen LogP contribution in [0.25, 0.3) is 0 Å². The number of anilines is 2. The normalized spacial score (nSPS) is 10.2. The second-order valence-electron chi connectivity index (χ2n) is 4.45. The van der Waals surface area contributed by atoms with Crippen LogP contribution in [0.2, 0.25) is 0 Å². The van der Waals surface area contributed by atoms with Gasteiger partial charge in [-0.05, 0) is 26.7 Å². The molecule has 1 rings (SSSR count). The first-order valence-electron chi connectivity index (χ1n) is 6.29. The van der Waals surface area contributed by atoms with Crippen LogP contribution < -0.4 is 16.4 Å². The number of unbranched alkanes of at least 4 members (excludes halogenated alkanes) is 2. The third kappa shape index (κ3) is 5.18. The summed E-state index contributed by atoms with van der Waals surface area (Å²) in [5.41, 5.74) is 5.74. The van der Waals surface area contributed by atoms with Gasteiger partial charge in [0.25, 0.3) is 5.91 Å². The van der Waals surface area contributed by atoms with Gasteiger partial charge >= 0.3 is 0 Å². The van der Waals surface area contributed by atoms with Crippen molar-refractivity contribution in [2.24, 2.45) is 0 Å². The number of carbonyl (C=O) groups is 1. The molecule has 0 radical (unpaired) electrons. The van der Waals surface area contributed by atoms with E-state index in [0.717, 1.165) is 19.3 Å². The molecule has 5 nitrogen and oxygen atoms in total. The fourth-order valence-electron chi connectivity index (χ4n) is 1.44. The van der Waals surface area contributed by atoms with Crippen molar-refractivity contribution >= 4 is 28.2 Å². The van der Waals surface area contributed by atoms with Gasteiger partial charge in [-0.15, -0.1) is 12.3 Å². The lowest BCUT2D eigenvalue weighted by Gasteiger charge is -2.04. The highest BCUT2D eigenvalue weighted by Gasteiger charge is 2.15. The van der Waals surface area contributed by atoms with Crippen molar-refractivity contribution in [3.63, 3.8) is 0 Å². The Morgan fingerprint density at radius 2 is 2.26 bits per heavy atom. The molecule has 0 saturated heterocycles. The highest BCUT2D eigenvalue weighted by molar-refractivity contribution is 7.18. The molecule has 19 heavy (non-hydrogen) atoms. The summed E-state index contributed by atoms with van der Waals surface area (Å²) >= 11 is 1.27. The molecule has 1 amide bonds. The van der Waals surface area contributed by atoms with E-state index in [2.05, 4.69) is 21.5 Å². The molecule has 0 aliphatic heterocycles. The van der Waals surface area contributed by atoms with Gasteiger partial charge in [0.2, 0.25) is 0 Å². The monoisotopic (exact) mass is 280 g/mol. The number of hydrogen-bond acceptors (Lipinski definition) is 5. The van der Waals surface area contributed by atoms with Crippen LogP contribution in [0.1, 0.15) is 42.8 Å². The van der Waals surface area contributed by atoms with Crippen molar-refractivity contribution in [2.75, 3.05) is 17.6 Å². The number of thiazole rings is 1. The Hall–Kier alpha value is -1.74. The highest BCUT2D eigenvalue weighted by atomic mass is 32.1. The van der Waals surface area contributed by atoms with E-state index >= 15 is 0 Å². The molecular weight excluding hydrogens is 260 g/mol. The average Bonchev–Trinajstić information content (AvgIpc) is 2.68. The molecule has 0 spiro atoms. The second-order valence-corrected chi connectivity index (χ2v) is 5.45. The number of aromatic nitrogens is 1. The summed E-state index contributed by atoms with van der Waals surface area (Å²) in [5, 5.41) is 6.62. The zero-order valence-electron chi connectivity index (χ0n) is 11.3. The van der Waals surface area contributed by atoms with Crippen LogP contribution in [-0.2, 0) is 0 Å². The van der Waals surface area contributed by atoms with Crippen molar-refractivity contribution < 1.29 is 4.79 Å². The van der Waals surface area contributed by atoms with E-state index in [0.29, 0.717) is 16.6 Å². The predicted molar refractivity (Wildman–Crippen MR) is 80.3 cm³/mol. The predicted octanol–water partition coefficient (Wildman–Crippen LogP) is 2.08. The van der Waals surface area contributed by atoms with Crippen molar-refractivity contribution in [2.45, 2.75) is 39.2 Å². The third-order valence-electron chi connectivity index (χ3n) is 2.31. The van der Waals surface area contributed by atoms with Crippen LogP contribution >= 0.6 is 11.3 Å². The second kappa shape index (κ2) is 7.64. The van der Waals surface area contributed by atoms with Gasteiger partial charge in [0, 0.05) is 19.0 Å². The SMILES string of the molecule is C#CCCCCNC(=O)c1sc(NC(C)C)nc1N. The Morgan fingerprint density at radius 3 is 2.89 bits per heavy atom. The molecule has 4 N–H and O–H groups in total. The van der Waals surface area contributed by atoms with Crippen LogP contribution in [-0.4, -0.2) is 23.5 Å². The van der Waals surface area contributed by atoms with E-state index < -0.39 is 0 Å². The molecule has 0 fully saturated rings. The maximum absolute atomic E-state index is 11.9. The Morgan fingerprint density at radius 1 is 1.53 bits per heavy atom. The van der Waals surface area contributed by atoms with E-state index in [9.17, 15) is 4.79 Å². The van der Waals surface area contributed by atoms with E-state index in [1.165, 1.54) is 11.3 Å². The smallest absolute Gasteiger partial charge is 0.265 e. The number of nitrogens with zero attached hydrogens (tertiary/aromatic N) is 1. The summed E-state index contributed by atoms with van der Waals surface area (Å²) < 4.78 is 0. The fraction of sp³-hybridized carbons (Fsp3) is 0.538.